The molecule has 1 aliphatic carbocycles. The van der Waals surface area contributed by atoms with Crippen molar-refractivity contribution in [2.24, 2.45) is 5.41 Å². The van der Waals surface area contributed by atoms with Gasteiger partial charge in [-0.2, -0.15) is 0 Å². The lowest BCUT2D eigenvalue weighted by atomic mass is 9.93. The fourth-order valence-electron chi connectivity index (χ4n) is 3.62. The summed E-state index contributed by atoms with van der Waals surface area (Å²) in [6, 6.07) is 27.0. The molecule has 4 rings (SSSR count). The molecule has 0 heterocycles. The van der Waals surface area contributed by atoms with Crippen LogP contribution in [0.5, 0.6) is 0 Å². The number of Topliss-reactive ketones (excluding diaryl/α,β-unsaturated/α-hetero) is 1. The lowest BCUT2D eigenvalue weighted by Crippen LogP contribution is -2.37. The van der Waals surface area contributed by atoms with Gasteiger partial charge in [0.15, 0.2) is 5.78 Å². The molecule has 0 radical (unpaired) electrons. The van der Waals surface area contributed by atoms with Gasteiger partial charge in [-0.05, 0) is 29.5 Å². The van der Waals surface area contributed by atoms with Gasteiger partial charge in [-0.25, -0.2) is 0 Å². The van der Waals surface area contributed by atoms with Gasteiger partial charge in [0.2, 0.25) is 5.91 Å². The molecule has 30 heavy (non-hydrogen) atoms. The van der Waals surface area contributed by atoms with Crippen LogP contribution in [0.4, 0.5) is 0 Å². The Hall–Kier alpha value is -3.24. The van der Waals surface area contributed by atoms with Crippen LogP contribution < -0.4 is 5.32 Å². The zero-order chi connectivity index (χ0) is 20.8. The molecule has 1 N–H and O–H groups in total. The summed E-state index contributed by atoms with van der Waals surface area (Å²) >= 11 is 0. The number of nitrogens with one attached hydrogen (secondary N) is 1. The monoisotopic (exact) mass is 399 g/mol. The molecular weight excluding hydrogens is 374 g/mol. The Bertz CT molecular complexity index is 1010. The average molecular weight is 399 g/mol. The SMILES string of the molecule is O=C(NCc1ccccc1COCc1ccccc1)C1(C(=O)c2ccccc2)CC1. The Morgan fingerprint density at radius 2 is 1.37 bits per heavy atom. The predicted molar refractivity (Wildman–Crippen MR) is 116 cm³/mol. The molecule has 0 aromatic heterocycles. The molecular formula is C26H25NO3. The largest absolute Gasteiger partial charge is 0.372 e. The van der Waals surface area contributed by atoms with Crippen LogP contribution in [-0.4, -0.2) is 11.7 Å². The summed E-state index contributed by atoms with van der Waals surface area (Å²) in [5.41, 5.74) is 2.85. The van der Waals surface area contributed by atoms with Gasteiger partial charge < -0.3 is 10.1 Å². The maximum Gasteiger partial charge on any atom is 0.234 e. The van der Waals surface area contributed by atoms with Crippen LogP contribution in [0.2, 0.25) is 0 Å². The molecule has 4 heteroatoms. The molecule has 1 fully saturated rings. The normalized spacial score (nSPS) is 14.1. The molecule has 152 valence electrons. The van der Waals surface area contributed by atoms with Gasteiger partial charge in [0.1, 0.15) is 5.41 Å². The number of benzene rings is 3. The highest BCUT2D eigenvalue weighted by Crippen LogP contribution is 2.48. The maximum absolute atomic E-state index is 12.9. The number of ether oxygens (including phenoxy) is 1. The van der Waals surface area contributed by atoms with Gasteiger partial charge in [-0.1, -0.05) is 84.9 Å². The van der Waals surface area contributed by atoms with Crippen molar-refractivity contribution in [2.75, 3.05) is 0 Å². The van der Waals surface area contributed by atoms with E-state index in [-0.39, 0.29) is 11.7 Å². The third-order valence-corrected chi connectivity index (χ3v) is 5.58. The number of ketones is 1. The molecule has 3 aromatic carbocycles. The molecule has 3 aromatic rings. The molecule has 0 unspecified atom stereocenters. The minimum absolute atomic E-state index is 0.0833. The van der Waals surface area contributed by atoms with Crippen molar-refractivity contribution in [1.29, 1.82) is 0 Å². The highest BCUT2D eigenvalue weighted by atomic mass is 16.5. The Balaban J connectivity index is 1.36. The summed E-state index contributed by atoms with van der Waals surface area (Å²) in [4.78, 5) is 25.7. The highest BCUT2D eigenvalue weighted by Gasteiger charge is 2.56. The zero-order valence-electron chi connectivity index (χ0n) is 16.8. The van der Waals surface area contributed by atoms with Gasteiger partial charge in [0.05, 0.1) is 13.2 Å². The maximum atomic E-state index is 12.9. The quantitative estimate of drug-likeness (QED) is 0.420. The minimum Gasteiger partial charge on any atom is -0.372 e. The number of hydrogen-bond donors (Lipinski definition) is 1. The van der Waals surface area contributed by atoms with E-state index in [1.165, 1.54) is 0 Å². The second-order valence-electron chi connectivity index (χ2n) is 7.71. The van der Waals surface area contributed by atoms with Crippen LogP contribution in [0.3, 0.4) is 0 Å². The van der Waals surface area contributed by atoms with E-state index >= 15 is 0 Å². The first-order chi connectivity index (χ1) is 14.7. The van der Waals surface area contributed by atoms with Gasteiger partial charge >= 0.3 is 0 Å². The third kappa shape index (κ3) is 4.50. The van der Waals surface area contributed by atoms with Gasteiger partial charge in [0.25, 0.3) is 0 Å². The molecule has 1 saturated carbocycles. The smallest absolute Gasteiger partial charge is 0.234 e. The summed E-state index contributed by atoms with van der Waals surface area (Å²) in [6.45, 7) is 1.39. The van der Waals surface area contributed by atoms with Crippen LogP contribution in [0.15, 0.2) is 84.9 Å². The molecule has 0 atom stereocenters. The second-order valence-corrected chi connectivity index (χ2v) is 7.71. The fraction of sp³-hybridized carbons (Fsp3) is 0.231. The summed E-state index contributed by atoms with van der Waals surface area (Å²) < 4.78 is 5.86. The topological polar surface area (TPSA) is 55.4 Å². The molecule has 1 amide bonds. The van der Waals surface area contributed by atoms with Crippen molar-refractivity contribution >= 4 is 11.7 Å². The van der Waals surface area contributed by atoms with Crippen molar-refractivity contribution in [2.45, 2.75) is 32.6 Å². The number of hydrogen-bond acceptors (Lipinski definition) is 3. The number of carbonyl (C=O) groups excluding carboxylic acids is 2. The van der Waals surface area contributed by atoms with Crippen molar-refractivity contribution in [3.63, 3.8) is 0 Å². The average Bonchev–Trinajstić information content (AvgIpc) is 3.61. The second kappa shape index (κ2) is 9.06. The van der Waals surface area contributed by atoms with Crippen molar-refractivity contribution in [1.82, 2.24) is 5.32 Å². The van der Waals surface area contributed by atoms with Crippen LogP contribution in [0, 0.1) is 5.41 Å². The van der Waals surface area contributed by atoms with Gasteiger partial charge in [-0.3, -0.25) is 9.59 Å². The van der Waals surface area contributed by atoms with Crippen LogP contribution in [0.25, 0.3) is 0 Å². The molecule has 4 nitrogen and oxygen atoms in total. The van der Waals surface area contributed by atoms with Crippen LogP contribution in [0.1, 0.15) is 39.9 Å². The van der Waals surface area contributed by atoms with Gasteiger partial charge in [-0.15, -0.1) is 0 Å². The van der Waals surface area contributed by atoms with E-state index in [9.17, 15) is 9.59 Å². The molecule has 0 spiro atoms. The Kier molecular flexibility index (Phi) is 6.05. The van der Waals surface area contributed by atoms with E-state index in [0.29, 0.717) is 38.2 Å². The minimum atomic E-state index is -0.903. The number of rotatable bonds is 9. The zero-order valence-corrected chi connectivity index (χ0v) is 16.8. The summed E-state index contributed by atoms with van der Waals surface area (Å²) in [5, 5.41) is 2.99. The number of carbonyl (C=O) groups is 2. The van der Waals surface area contributed by atoms with Crippen LogP contribution >= 0.6 is 0 Å². The van der Waals surface area contributed by atoms with E-state index in [2.05, 4.69) is 5.32 Å². The van der Waals surface area contributed by atoms with Gasteiger partial charge in [0, 0.05) is 12.1 Å². The Labute approximate surface area is 176 Å². The first kappa shape index (κ1) is 20.0. The van der Waals surface area contributed by atoms with E-state index in [4.69, 9.17) is 4.74 Å². The first-order valence-corrected chi connectivity index (χ1v) is 10.3. The molecule has 0 saturated heterocycles. The molecule has 0 aliphatic heterocycles. The van der Waals surface area contributed by atoms with E-state index < -0.39 is 5.41 Å². The summed E-state index contributed by atoms with van der Waals surface area (Å²) in [5.74, 6) is -0.267. The fourth-order valence-corrected chi connectivity index (χ4v) is 3.62. The van der Waals surface area contributed by atoms with Crippen molar-refractivity contribution < 1.29 is 14.3 Å². The summed E-state index contributed by atoms with van der Waals surface area (Å²) in [6.07, 6.45) is 1.21. The number of amides is 1. The first-order valence-electron chi connectivity index (χ1n) is 10.3. The lowest BCUT2D eigenvalue weighted by molar-refractivity contribution is -0.124. The summed E-state index contributed by atoms with van der Waals surface area (Å²) in [7, 11) is 0. The standard InChI is InChI=1S/C26H25NO3/c28-24(21-11-5-2-6-12-21)26(15-16-26)25(29)27-17-22-13-7-8-14-23(22)19-30-18-20-9-3-1-4-10-20/h1-14H,15-19H2,(H,27,29). The lowest BCUT2D eigenvalue weighted by Gasteiger charge is -2.16. The van der Waals surface area contributed by atoms with Crippen LogP contribution in [-0.2, 0) is 29.3 Å². The highest BCUT2D eigenvalue weighted by molar-refractivity contribution is 6.16. The Morgan fingerprint density at radius 1 is 0.767 bits per heavy atom. The van der Waals surface area contributed by atoms with Crippen molar-refractivity contribution in [3.05, 3.63) is 107 Å². The Morgan fingerprint density at radius 3 is 2.03 bits per heavy atom. The van der Waals surface area contributed by atoms with E-state index in [1.54, 1.807) is 12.1 Å². The third-order valence-electron chi connectivity index (χ3n) is 5.58. The predicted octanol–water partition coefficient (Wildman–Crippen LogP) is 4.68. The molecule has 0 bridgehead atoms. The molecule has 1 aliphatic rings. The van der Waals surface area contributed by atoms with E-state index in [0.717, 1.165) is 16.7 Å². The van der Waals surface area contributed by atoms with E-state index in [1.807, 2.05) is 72.8 Å². The van der Waals surface area contributed by atoms with Crippen molar-refractivity contribution in [3.8, 4) is 0 Å².